The summed E-state index contributed by atoms with van der Waals surface area (Å²) in [4.78, 5) is 0. The number of aliphatic hydroxyl groups is 1. The highest BCUT2D eigenvalue weighted by molar-refractivity contribution is 9.10. The van der Waals surface area contributed by atoms with E-state index in [1.165, 1.54) is 30.4 Å². The van der Waals surface area contributed by atoms with E-state index in [4.69, 9.17) is 4.74 Å². The van der Waals surface area contributed by atoms with E-state index >= 15 is 0 Å². The van der Waals surface area contributed by atoms with Gasteiger partial charge in [-0.15, -0.1) is 0 Å². The summed E-state index contributed by atoms with van der Waals surface area (Å²) in [5.41, 5.74) is 2.45. The van der Waals surface area contributed by atoms with E-state index in [1.54, 1.807) is 0 Å². The number of rotatable bonds is 2. The van der Waals surface area contributed by atoms with Crippen molar-refractivity contribution in [3.05, 3.63) is 27.7 Å². The van der Waals surface area contributed by atoms with E-state index in [9.17, 15) is 5.11 Å². The van der Waals surface area contributed by atoms with Gasteiger partial charge in [0, 0.05) is 16.3 Å². The van der Waals surface area contributed by atoms with Gasteiger partial charge in [0.25, 0.3) is 0 Å². The van der Waals surface area contributed by atoms with Crippen LogP contribution in [0.2, 0.25) is 0 Å². The molecule has 3 rings (SSSR count). The van der Waals surface area contributed by atoms with E-state index < -0.39 is 0 Å². The highest BCUT2D eigenvalue weighted by Crippen LogP contribution is 2.53. The number of aryl methyl sites for hydroxylation is 2. The minimum Gasteiger partial charge on any atom is -0.490 e. The van der Waals surface area contributed by atoms with Crippen molar-refractivity contribution in [1.82, 2.24) is 0 Å². The maximum absolute atomic E-state index is 10.2. The SMILES string of the molecule is Cc1cc(OC2CC(O)C23CCCCC3)cc(C)c1Br. The lowest BCUT2D eigenvalue weighted by atomic mass is 9.56. The van der Waals surface area contributed by atoms with Crippen LogP contribution in [0, 0.1) is 19.3 Å². The Kier molecular flexibility index (Phi) is 3.85. The van der Waals surface area contributed by atoms with Gasteiger partial charge in [0.1, 0.15) is 11.9 Å². The predicted octanol–water partition coefficient (Wildman–Crippen LogP) is 4.53. The lowest BCUT2D eigenvalue weighted by Crippen LogP contribution is -2.60. The van der Waals surface area contributed by atoms with Gasteiger partial charge in [-0.25, -0.2) is 0 Å². The molecule has 1 aromatic carbocycles. The number of hydrogen-bond acceptors (Lipinski definition) is 2. The standard InChI is InChI=1S/C17H23BrO2/c1-11-8-13(9-12(2)16(11)18)20-15-10-14(19)17(15)6-4-3-5-7-17/h8-9,14-15,19H,3-7,10H2,1-2H3. The molecule has 0 radical (unpaired) electrons. The number of aliphatic hydroxyl groups excluding tert-OH is 1. The topological polar surface area (TPSA) is 29.5 Å². The van der Waals surface area contributed by atoms with Crippen molar-refractivity contribution in [2.45, 2.75) is 64.6 Å². The zero-order valence-electron chi connectivity index (χ0n) is 12.3. The molecule has 2 aliphatic carbocycles. The third-order valence-corrected chi connectivity index (χ3v) is 6.47. The number of ether oxygens (including phenoxy) is 1. The molecule has 2 nitrogen and oxygen atoms in total. The number of benzene rings is 1. The number of hydrogen-bond donors (Lipinski definition) is 1. The van der Waals surface area contributed by atoms with Crippen molar-refractivity contribution in [1.29, 1.82) is 0 Å². The van der Waals surface area contributed by atoms with Crippen LogP contribution in [0.15, 0.2) is 16.6 Å². The van der Waals surface area contributed by atoms with Crippen molar-refractivity contribution in [2.24, 2.45) is 5.41 Å². The molecule has 0 heterocycles. The molecule has 2 atom stereocenters. The van der Waals surface area contributed by atoms with Crippen LogP contribution >= 0.6 is 15.9 Å². The molecule has 1 spiro atoms. The Labute approximate surface area is 129 Å². The van der Waals surface area contributed by atoms with Gasteiger partial charge in [0.15, 0.2) is 0 Å². The minimum atomic E-state index is -0.162. The molecule has 0 aliphatic heterocycles. The lowest BCUT2D eigenvalue weighted by Gasteiger charge is -2.55. The van der Waals surface area contributed by atoms with Crippen molar-refractivity contribution < 1.29 is 9.84 Å². The van der Waals surface area contributed by atoms with Gasteiger partial charge in [-0.1, -0.05) is 35.2 Å². The van der Waals surface area contributed by atoms with Crippen LogP contribution < -0.4 is 4.74 Å². The van der Waals surface area contributed by atoms with Gasteiger partial charge < -0.3 is 9.84 Å². The normalized spacial score (nSPS) is 28.2. The Balaban J connectivity index is 1.78. The molecule has 2 unspecified atom stereocenters. The molecule has 0 amide bonds. The number of halogens is 1. The molecule has 0 saturated heterocycles. The van der Waals surface area contributed by atoms with Crippen molar-refractivity contribution >= 4 is 15.9 Å². The average molecular weight is 339 g/mol. The quantitative estimate of drug-likeness (QED) is 0.858. The Morgan fingerprint density at radius 1 is 1.15 bits per heavy atom. The third-order valence-electron chi connectivity index (χ3n) is 5.21. The van der Waals surface area contributed by atoms with E-state index in [-0.39, 0.29) is 17.6 Å². The predicted molar refractivity (Wildman–Crippen MR) is 84.2 cm³/mol. The van der Waals surface area contributed by atoms with Crippen LogP contribution in [0.1, 0.15) is 49.7 Å². The van der Waals surface area contributed by atoms with Crippen LogP contribution in [0.5, 0.6) is 5.75 Å². The summed E-state index contributed by atoms with van der Waals surface area (Å²) in [5, 5.41) is 10.2. The fourth-order valence-corrected chi connectivity index (χ4v) is 4.12. The second-order valence-electron chi connectivity index (χ2n) is 6.52. The third kappa shape index (κ3) is 2.29. The zero-order valence-corrected chi connectivity index (χ0v) is 13.9. The summed E-state index contributed by atoms with van der Waals surface area (Å²) in [6, 6.07) is 4.19. The largest absolute Gasteiger partial charge is 0.490 e. The first kappa shape index (κ1) is 14.4. The van der Waals surface area contributed by atoms with Crippen LogP contribution in [-0.2, 0) is 0 Å². The van der Waals surface area contributed by atoms with E-state index in [0.717, 1.165) is 29.5 Å². The molecule has 1 aromatic rings. The highest BCUT2D eigenvalue weighted by Gasteiger charge is 2.56. The molecule has 20 heavy (non-hydrogen) atoms. The van der Waals surface area contributed by atoms with E-state index in [0.29, 0.717) is 0 Å². The maximum Gasteiger partial charge on any atom is 0.120 e. The van der Waals surface area contributed by atoms with Crippen molar-refractivity contribution in [3.8, 4) is 5.75 Å². The summed E-state index contributed by atoms with van der Waals surface area (Å²) in [6.07, 6.45) is 6.82. The molecular weight excluding hydrogens is 316 g/mol. The van der Waals surface area contributed by atoms with Crippen molar-refractivity contribution in [3.63, 3.8) is 0 Å². The second kappa shape index (κ2) is 5.34. The molecule has 2 saturated carbocycles. The van der Waals surface area contributed by atoms with Crippen LogP contribution in [0.4, 0.5) is 0 Å². The van der Waals surface area contributed by atoms with Crippen LogP contribution in [0.3, 0.4) is 0 Å². The molecule has 1 N–H and O–H groups in total. The molecule has 110 valence electrons. The van der Waals surface area contributed by atoms with E-state index in [2.05, 4.69) is 41.9 Å². The first-order valence-corrected chi connectivity index (χ1v) is 8.44. The van der Waals surface area contributed by atoms with E-state index in [1.807, 2.05) is 0 Å². The van der Waals surface area contributed by atoms with Gasteiger partial charge in [-0.2, -0.15) is 0 Å². The van der Waals surface area contributed by atoms with Crippen LogP contribution in [0.25, 0.3) is 0 Å². The fourth-order valence-electron chi connectivity index (χ4n) is 3.90. The summed E-state index contributed by atoms with van der Waals surface area (Å²) in [6.45, 7) is 4.19. The Hall–Kier alpha value is -0.540. The first-order chi connectivity index (χ1) is 9.53. The van der Waals surface area contributed by atoms with Gasteiger partial charge in [0.2, 0.25) is 0 Å². The second-order valence-corrected chi connectivity index (χ2v) is 7.32. The molecule has 3 heteroatoms. The van der Waals surface area contributed by atoms with Gasteiger partial charge in [0.05, 0.1) is 6.10 Å². The van der Waals surface area contributed by atoms with Gasteiger partial charge >= 0.3 is 0 Å². The summed E-state index contributed by atoms with van der Waals surface area (Å²) in [5.74, 6) is 0.949. The summed E-state index contributed by atoms with van der Waals surface area (Å²) >= 11 is 3.59. The smallest absolute Gasteiger partial charge is 0.120 e. The van der Waals surface area contributed by atoms with Gasteiger partial charge in [-0.05, 0) is 49.9 Å². The zero-order chi connectivity index (χ0) is 14.3. The molecule has 0 bridgehead atoms. The molecular formula is C17H23BrO2. The first-order valence-electron chi connectivity index (χ1n) is 7.64. The summed E-state index contributed by atoms with van der Waals surface area (Å²) < 4.78 is 7.41. The average Bonchev–Trinajstić information content (AvgIpc) is 2.45. The fraction of sp³-hybridized carbons (Fsp3) is 0.647. The van der Waals surface area contributed by atoms with Crippen molar-refractivity contribution in [2.75, 3.05) is 0 Å². The highest BCUT2D eigenvalue weighted by atomic mass is 79.9. The minimum absolute atomic E-state index is 0.0349. The maximum atomic E-state index is 10.2. The Morgan fingerprint density at radius 3 is 2.30 bits per heavy atom. The lowest BCUT2D eigenvalue weighted by molar-refractivity contribution is -0.172. The Morgan fingerprint density at radius 2 is 1.75 bits per heavy atom. The van der Waals surface area contributed by atoms with Gasteiger partial charge in [-0.3, -0.25) is 0 Å². The molecule has 0 aromatic heterocycles. The molecule has 2 aliphatic rings. The Bertz CT molecular complexity index is 483. The monoisotopic (exact) mass is 338 g/mol. The summed E-state index contributed by atoms with van der Waals surface area (Å²) in [7, 11) is 0. The van der Waals surface area contributed by atoms with Crippen LogP contribution in [-0.4, -0.2) is 17.3 Å². The molecule has 2 fully saturated rings.